The number of hydrogen-bond acceptors (Lipinski definition) is 3. The van der Waals surface area contributed by atoms with Crippen LogP contribution in [0.4, 0.5) is 0 Å². The topological polar surface area (TPSA) is 63.6 Å². The van der Waals surface area contributed by atoms with Crippen LogP contribution in [0.5, 0.6) is 0 Å². The SMILES string of the molecule is CC1=C/C(=N\S(=O)(=O)c2ccccc2)C(C)(Br)C(Br)C1=O. The van der Waals surface area contributed by atoms with Crippen LogP contribution in [0, 0.1) is 0 Å². The molecule has 0 spiro atoms. The summed E-state index contributed by atoms with van der Waals surface area (Å²) in [6.45, 7) is 3.36. The lowest BCUT2D eigenvalue weighted by molar-refractivity contribution is -0.115. The standard InChI is InChI=1S/C14H13Br2NO3S/c1-9-8-11(14(2,16)13(15)12(9)18)17-21(19,20)10-6-4-3-5-7-10/h3-8,13H,1-2H3/b17-11+. The van der Waals surface area contributed by atoms with Crippen molar-refractivity contribution in [2.24, 2.45) is 4.40 Å². The first-order chi connectivity index (χ1) is 9.66. The van der Waals surface area contributed by atoms with Gasteiger partial charge in [-0.1, -0.05) is 50.1 Å². The van der Waals surface area contributed by atoms with Crippen molar-refractivity contribution in [3.8, 4) is 0 Å². The molecule has 112 valence electrons. The maximum Gasteiger partial charge on any atom is 0.282 e. The van der Waals surface area contributed by atoms with Crippen LogP contribution in [-0.2, 0) is 14.8 Å². The maximum atomic E-state index is 12.3. The van der Waals surface area contributed by atoms with E-state index in [2.05, 4.69) is 36.3 Å². The number of alkyl halides is 2. The van der Waals surface area contributed by atoms with E-state index in [-0.39, 0.29) is 10.7 Å². The Morgan fingerprint density at radius 3 is 2.38 bits per heavy atom. The number of rotatable bonds is 2. The van der Waals surface area contributed by atoms with Crippen LogP contribution in [0.25, 0.3) is 0 Å². The van der Waals surface area contributed by atoms with Crippen molar-refractivity contribution >= 4 is 53.4 Å². The molecule has 0 fully saturated rings. The molecule has 2 unspecified atom stereocenters. The van der Waals surface area contributed by atoms with E-state index >= 15 is 0 Å². The van der Waals surface area contributed by atoms with Gasteiger partial charge >= 0.3 is 0 Å². The largest absolute Gasteiger partial charge is 0.293 e. The molecule has 1 aromatic rings. The van der Waals surface area contributed by atoms with Crippen LogP contribution >= 0.6 is 31.9 Å². The van der Waals surface area contributed by atoms with Gasteiger partial charge in [-0.15, -0.1) is 0 Å². The highest BCUT2D eigenvalue weighted by Crippen LogP contribution is 2.36. The number of nitrogens with zero attached hydrogens (tertiary/aromatic N) is 1. The molecule has 0 saturated heterocycles. The highest BCUT2D eigenvalue weighted by atomic mass is 79.9. The summed E-state index contributed by atoms with van der Waals surface area (Å²) in [6, 6.07) is 7.99. The molecule has 0 N–H and O–H groups in total. The molecule has 2 rings (SSSR count). The molecule has 4 nitrogen and oxygen atoms in total. The van der Waals surface area contributed by atoms with Gasteiger partial charge < -0.3 is 0 Å². The summed E-state index contributed by atoms with van der Waals surface area (Å²) in [5.41, 5.74) is 0.765. The van der Waals surface area contributed by atoms with Gasteiger partial charge in [0.05, 0.1) is 19.8 Å². The first kappa shape index (κ1) is 16.6. The molecule has 0 amide bonds. The number of benzene rings is 1. The minimum atomic E-state index is -3.81. The summed E-state index contributed by atoms with van der Waals surface area (Å²) in [5, 5.41) is 0. The van der Waals surface area contributed by atoms with Crippen molar-refractivity contribution in [3.05, 3.63) is 42.0 Å². The molecule has 0 heterocycles. The number of carbonyl (C=O) groups is 1. The van der Waals surface area contributed by atoms with Crippen LogP contribution < -0.4 is 0 Å². The number of halogens is 2. The minimum absolute atomic E-state index is 0.0922. The smallest absolute Gasteiger partial charge is 0.282 e. The van der Waals surface area contributed by atoms with Gasteiger partial charge in [0.1, 0.15) is 0 Å². The number of carbonyl (C=O) groups excluding carboxylic acids is 1. The fourth-order valence-electron chi connectivity index (χ4n) is 1.88. The van der Waals surface area contributed by atoms with Gasteiger partial charge in [0.25, 0.3) is 10.0 Å². The highest BCUT2D eigenvalue weighted by molar-refractivity contribution is 9.13. The number of Topliss-reactive ketones (excluding diaryl/α,β-unsaturated/α-hetero) is 1. The Bertz CT molecular complexity index is 737. The van der Waals surface area contributed by atoms with E-state index in [1.165, 1.54) is 18.2 Å². The van der Waals surface area contributed by atoms with Crippen LogP contribution in [0.3, 0.4) is 0 Å². The van der Waals surface area contributed by atoms with Gasteiger partial charge in [-0.3, -0.25) is 4.79 Å². The number of ketones is 1. The zero-order chi connectivity index (χ0) is 15.8. The molecule has 0 bridgehead atoms. The molecule has 0 aliphatic heterocycles. The lowest BCUT2D eigenvalue weighted by Gasteiger charge is -2.31. The second-order valence-corrected chi connectivity index (χ2v) is 9.06. The van der Waals surface area contributed by atoms with Gasteiger partial charge in [0.15, 0.2) is 5.78 Å². The summed E-state index contributed by atoms with van der Waals surface area (Å²) in [6.07, 6.45) is 1.51. The van der Waals surface area contributed by atoms with Gasteiger partial charge in [0, 0.05) is 0 Å². The van der Waals surface area contributed by atoms with Crippen molar-refractivity contribution in [1.29, 1.82) is 0 Å². The zero-order valence-corrected chi connectivity index (χ0v) is 15.4. The van der Waals surface area contributed by atoms with E-state index in [0.29, 0.717) is 11.3 Å². The number of sulfonamides is 1. The Morgan fingerprint density at radius 2 is 1.81 bits per heavy atom. The van der Waals surface area contributed by atoms with E-state index < -0.39 is 19.2 Å². The van der Waals surface area contributed by atoms with Gasteiger partial charge in [-0.2, -0.15) is 12.8 Å². The van der Waals surface area contributed by atoms with Crippen LogP contribution in [0.1, 0.15) is 13.8 Å². The normalized spacial score (nSPS) is 28.6. The predicted octanol–water partition coefficient (Wildman–Crippen LogP) is 3.26. The van der Waals surface area contributed by atoms with E-state index in [4.69, 9.17) is 0 Å². The Kier molecular flexibility index (Phi) is 4.56. The Labute approximate surface area is 140 Å². The molecule has 2 atom stereocenters. The lowest BCUT2D eigenvalue weighted by Crippen LogP contribution is -2.45. The van der Waals surface area contributed by atoms with E-state index in [1.54, 1.807) is 32.0 Å². The third-order valence-corrected chi connectivity index (χ3v) is 7.32. The third-order valence-electron chi connectivity index (χ3n) is 3.21. The van der Waals surface area contributed by atoms with Crippen molar-refractivity contribution in [3.63, 3.8) is 0 Å². The number of allylic oxidation sites excluding steroid dienone is 2. The second-order valence-electron chi connectivity index (χ2n) is 4.89. The van der Waals surface area contributed by atoms with E-state index in [1.807, 2.05) is 0 Å². The van der Waals surface area contributed by atoms with Crippen molar-refractivity contribution in [2.75, 3.05) is 0 Å². The van der Waals surface area contributed by atoms with Crippen LogP contribution in [0.15, 0.2) is 51.3 Å². The van der Waals surface area contributed by atoms with E-state index in [9.17, 15) is 13.2 Å². The summed E-state index contributed by atoms with van der Waals surface area (Å²) in [5.74, 6) is -0.0922. The third kappa shape index (κ3) is 3.19. The van der Waals surface area contributed by atoms with Crippen molar-refractivity contribution in [1.82, 2.24) is 0 Å². The van der Waals surface area contributed by atoms with Gasteiger partial charge in [0.2, 0.25) is 0 Å². The monoisotopic (exact) mass is 433 g/mol. The molecule has 1 aliphatic carbocycles. The maximum absolute atomic E-state index is 12.3. The average Bonchev–Trinajstić information content (AvgIpc) is 2.44. The summed E-state index contributed by atoms with van der Waals surface area (Å²) < 4.78 is 27.7. The van der Waals surface area contributed by atoms with Crippen molar-refractivity contribution in [2.45, 2.75) is 27.9 Å². The molecular formula is C14H13Br2NO3S. The predicted molar refractivity (Wildman–Crippen MR) is 89.9 cm³/mol. The van der Waals surface area contributed by atoms with Gasteiger partial charge in [-0.05, 0) is 37.6 Å². The Morgan fingerprint density at radius 1 is 1.24 bits per heavy atom. The lowest BCUT2D eigenvalue weighted by atomic mass is 9.89. The molecular weight excluding hydrogens is 422 g/mol. The number of hydrogen-bond donors (Lipinski definition) is 0. The first-order valence-electron chi connectivity index (χ1n) is 6.12. The summed E-state index contributed by atoms with van der Waals surface area (Å²) in [4.78, 5) is 11.5. The molecule has 7 heteroatoms. The summed E-state index contributed by atoms with van der Waals surface area (Å²) in [7, 11) is -3.81. The minimum Gasteiger partial charge on any atom is -0.293 e. The van der Waals surface area contributed by atoms with Crippen molar-refractivity contribution < 1.29 is 13.2 Å². The van der Waals surface area contributed by atoms with Crippen LogP contribution in [-0.4, -0.2) is 29.1 Å². The molecule has 1 aliphatic rings. The quantitative estimate of drug-likeness (QED) is 0.671. The second kappa shape index (κ2) is 5.78. The fraction of sp³-hybridized carbons (Fsp3) is 0.286. The average molecular weight is 435 g/mol. The van der Waals surface area contributed by atoms with Gasteiger partial charge in [-0.25, -0.2) is 0 Å². The molecule has 0 radical (unpaired) electrons. The molecule has 21 heavy (non-hydrogen) atoms. The first-order valence-corrected chi connectivity index (χ1v) is 9.27. The van der Waals surface area contributed by atoms with E-state index in [0.717, 1.165) is 0 Å². The molecule has 0 saturated carbocycles. The Hall–Kier alpha value is -0.790. The Balaban J connectivity index is 2.57. The van der Waals surface area contributed by atoms with Crippen LogP contribution in [0.2, 0.25) is 0 Å². The fourth-order valence-corrected chi connectivity index (χ4v) is 4.12. The highest BCUT2D eigenvalue weighted by Gasteiger charge is 2.43. The zero-order valence-electron chi connectivity index (χ0n) is 11.4. The molecule has 0 aromatic heterocycles. The molecule has 1 aromatic carbocycles. The summed E-state index contributed by atoms with van der Waals surface area (Å²) >= 11 is 6.72.